The zero-order valence-corrected chi connectivity index (χ0v) is 11.6. The molecule has 0 aliphatic rings. The molecular formula is C4H10O12S3. The molecule has 3 N–H and O–H groups in total. The van der Waals surface area contributed by atoms with Gasteiger partial charge in [-0.05, 0) is 6.92 Å². The van der Waals surface area contributed by atoms with Gasteiger partial charge in [0.1, 0.15) is 12.2 Å². The molecule has 2 atom stereocenters. The van der Waals surface area contributed by atoms with E-state index < -0.39 is 50.0 Å². The zero-order valence-electron chi connectivity index (χ0n) is 9.10. The first kappa shape index (κ1) is 18.6. The molecule has 0 aromatic heterocycles. The van der Waals surface area contributed by atoms with Gasteiger partial charge in [-0.15, -0.1) is 0 Å². The topological polar surface area (TPSA) is 191 Å². The first-order chi connectivity index (χ1) is 8.20. The monoisotopic (exact) mass is 346 g/mol. The van der Waals surface area contributed by atoms with Gasteiger partial charge in [-0.2, -0.15) is 25.3 Å². The van der Waals surface area contributed by atoms with Crippen molar-refractivity contribution in [1.82, 2.24) is 0 Å². The lowest BCUT2D eigenvalue weighted by Crippen LogP contribution is -2.37. The molecule has 0 aromatic rings. The van der Waals surface area contributed by atoms with E-state index in [2.05, 4.69) is 12.5 Å². The number of hydrogen-bond acceptors (Lipinski definition) is 9. The fourth-order valence-electron chi connectivity index (χ4n) is 0.805. The van der Waals surface area contributed by atoms with Gasteiger partial charge >= 0.3 is 31.2 Å². The van der Waals surface area contributed by atoms with E-state index in [0.717, 1.165) is 6.92 Å². The second-order valence-corrected chi connectivity index (χ2v) is 6.19. The van der Waals surface area contributed by atoms with Crippen LogP contribution in [-0.2, 0) is 43.7 Å². The van der Waals surface area contributed by atoms with Crippen molar-refractivity contribution < 1.29 is 51.5 Å². The smallest absolute Gasteiger partial charge is 0.264 e. The Morgan fingerprint density at radius 3 is 1.58 bits per heavy atom. The minimum Gasteiger partial charge on any atom is -0.264 e. The Balaban J connectivity index is 4.95. The lowest BCUT2D eigenvalue weighted by molar-refractivity contribution is 0.0253. The second-order valence-electron chi connectivity index (χ2n) is 3.00. The van der Waals surface area contributed by atoms with Crippen LogP contribution in [0.15, 0.2) is 0 Å². The summed E-state index contributed by atoms with van der Waals surface area (Å²) in [6.45, 7) is -0.355. The largest absolute Gasteiger partial charge is 0.397 e. The third-order valence-electron chi connectivity index (χ3n) is 1.42. The average Bonchev–Trinajstić information content (AvgIpc) is 2.05. The van der Waals surface area contributed by atoms with E-state index in [1.54, 1.807) is 0 Å². The summed E-state index contributed by atoms with van der Waals surface area (Å²) in [6, 6.07) is 0. The van der Waals surface area contributed by atoms with Crippen LogP contribution in [0.25, 0.3) is 0 Å². The summed E-state index contributed by atoms with van der Waals surface area (Å²) in [4.78, 5) is 0. The third kappa shape index (κ3) is 11.2. The van der Waals surface area contributed by atoms with Crippen LogP contribution in [0.2, 0.25) is 0 Å². The van der Waals surface area contributed by atoms with E-state index in [4.69, 9.17) is 13.7 Å². The minimum absolute atomic E-state index is 0.858. The van der Waals surface area contributed by atoms with Gasteiger partial charge in [0.2, 0.25) is 0 Å². The fraction of sp³-hybridized carbons (Fsp3) is 1.00. The van der Waals surface area contributed by atoms with Crippen LogP contribution in [0, 0.1) is 0 Å². The minimum atomic E-state index is -5.10. The standard InChI is InChI=1S/C4H10O12S3/c1-3(15-18(8,9)10)4(16-19(11,12)13)2-14-17(5,6)7/h3-4H,2H2,1H3,(H,5,6,7)(H,8,9,10)(H,11,12,13). The molecule has 0 rings (SSSR count). The maximum atomic E-state index is 10.4. The molecule has 15 heteroatoms. The molecule has 116 valence electrons. The predicted molar refractivity (Wildman–Crippen MR) is 56.0 cm³/mol. The molecule has 0 radical (unpaired) electrons. The highest BCUT2D eigenvalue weighted by Crippen LogP contribution is 2.11. The highest BCUT2D eigenvalue weighted by molar-refractivity contribution is 7.81. The van der Waals surface area contributed by atoms with Crippen LogP contribution in [0.4, 0.5) is 0 Å². The summed E-state index contributed by atoms with van der Waals surface area (Å²) in [5.74, 6) is 0. The van der Waals surface area contributed by atoms with Gasteiger partial charge in [-0.25, -0.2) is 12.5 Å². The summed E-state index contributed by atoms with van der Waals surface area (Å²) in [5, 5.41) is 0. The highest BCUT2D eigenvalue weighted by atomic mass is 32.3. The third-order valence-corrected chi connectivity index (χ3v) is 2.89. The summed E-state index contributed by atoms with van der Waals surface area (Å²) in [7, 11) is -15.1. The van der Waals surface area contributed by atoms with Crippen LogP contribution in [-0.4, -0.2) is 57.7 Å². The average molecular weight is 346 g/mol. The number of hydrogen-bond donors (Lipinski definition) is 3. The molecule has 0 spiro atoms. The molecule has 0 saturated carbocycles. The Hall–Kier alpha value is -0.390. The van der Waals surface area contributed by atoms with Gasteiger partial charge in [0, 0.05) is 0 Å². The summed E-state index contributed by atoms with van der Waals surface area (Å²) >= 11 is 0. The van der Waals surface area contributed by atoms with Gasteiger partial charge < -0.3 is 0 Å². The zero-order chi connectivity index (χ0) is 15.5. The Morgan fingerprint density at radius 1 is 0.842 bits per heavy atom. The molecule has 2 unspecified atom stereocenters. The van der Waals surface area contributed by atoms with Gasteiger partial charge in [0.15, 0.2) is 0 Å². The van der Waals surface area contributed by atoms with Gasteiger partial charge in [-0.3, -0.25) is 13.7 Å². The van der Waals surface area contributed by atoms with Crippen LogP contribution in [0.5, 0.6) is 0 Å². The van der Waals surface area contributed by atoms with E-state index in [0.29, 0.717) is 0 Å². The summed E-state index contributed by atoms with van der Waals surface area (Å²) < 4.78 is 98.6. The first-order valence-corrected chi connectivity index (χ1v) is 8.22. The maximum absolute atomic E-state index is 10.4. The van der Waals surface area contributed by atoms with Crippen molar-refractivity contribution >= 4 is 31.2 Å². The molecule has 0 bridgehead atoms. The van der Waals surface area contributed by atoms with Crippen LogP contribution >= 0.6 is 0 Å². The van der Waals surface area contributed by atoms with Crippen molar-refractivity contribution in [1.29, 1.82) is 0 Å². The van der Waals surface area contributed by atoms with Crippen LogP contribution in [0.3, 0.4) is 0 Å². The molecule has 12 nitrogen and oxygen atoms in total. The summed E-state index contributed by atoms with van der Waals surface area (Å²) in [6.07, 6.45) is -3.75. The Morgan fingerprint density at radius 2 is 1.26 bits per heavy atom. The lowest BCUT2D eigenvalue weighted by Gasteiger charge is -2.20. The summed E-state index contributed by atoms with van der Waals surface area (Å²) in [5.41, 5.74) is 0. The molecule has 0 aromatic carbocycles. The fourth-order valence-corrected chi connectivity index (χ4v) is 2.14. The highest BCUT2D eigenvalue weighted by Gasteiger charge is 2.29. The molecular weight excluding hydrogens is 336 g/mol. The van der Waals surface area contributed by atoms with Gasteiger partial charge in [-0.1, -0.05) is 0 Å². The van der Waals surface area contributed by atoms with Crippen LogP contribution in [0.1, 0.15) is 6.92 Å². The first-order valence-electron chi connectivity index (χ1n) is 4.13. The quantitative estimate of drug-likeness (QED) is 0.418. The lowest BCUT2D eigenvalue weighted by atomic mass is 10.2. The molecule has 0 aliphatic carbocycles. The van der Waals surface area contributed by atoms with Crippen LogP contribution < -0.4 is 0 Å². The molecule has 0 saturated heterocycles. The van der Waals surface area contributed by atoms with E-state index in [1.165, 1.54) is 0 Å². The Labute approximate surface area is 109 Å². The van der Waals surface area contributed by atoms with E-state index in [1.807, 2.05) is 0 Å². The number of rotatable bonds is 8. The van der Waals surface area contributed by atoms with Crippen molar-refractivity contribution in [2.45, 2.75) is 19.1 Å². The normalized spacial score (nSPS) is 17.1. The van der Waals surface area contributed by atoms with E-state index >= 15 is 0 Å². The SMILES string of the molecule is CC(OS(=O)(=O)O)C(COS(=O)(=O)O)OS(=O)(=O)O. The molecule has 0 amide bonds. The molecule has 0 aliphatic heterocycles. The van der Waals surface area contributed by atoms with Crippen molar-refractivity contribution in [3.8, 4) is 0 Å². The second kappa shape index (κ2) is 6.37. The van der Waals surface area contributed by atoms with E-state index in [-0.39, 0.29) is 0 Å². The van der Waals surface area contributed by atoms with Crippen molar-refractivity contribution in [3.05, 3.63) is 0 Å². The predicted octanol–water partition coefficient (Wildman–Crippen LogP) is -1.80. The molecule has 19 heavy (non-hydrogen) atoms. The van der Waals surface area contributed by atoms with Crippen molar-refractivity contribution in [2.24, 2.45) is 0 Å². The van der Waals surface area contributed by atoms with Gasteiger partial charge in [0.25, 0.3) is 0 Å². The Kier molecular flexibility index (Phi) is 6.24. The van der Waals surface area contributed by atoms with Crippen molar-refractivity contribution in [2.75, 3.05) is 6.61 Å². The Bertz CT molecular complexity index is 583. The maximum Gasteiger partial charge on any atom is 0.397 e. The molecule has 0 fully saturated rings. The molecule has 0 heterocycles. The van der Waals surface area contributed by atoms with E-state index in [9.17, 15) is 25.3 Å². The van der Waals surface area contributed by atoms with Gasteiger partial charge in [0.05, 0.1) is 6.61 Å². The van der Waals surface area contributed by atoms with Crippen molar-refractivity contribution in [3.63, 3.8) is 0 Å².